The second-order valence-electron chi connectivity index (χ2n) is 4.88. The first kappa shape index (κ1) is 11.2. The first-order valence-corrected chi connectivity index (χ1v) is 5.81. The van der Waals surface area contributed by atoms with Gasteiger partial charge in [-0.25, -0.2) is 4.39 Å². The third-order valence-corrected chi connectivity index (χ3v) is 3.01. The maximum atomic E-state index is 13.9. The summed E-state index contributed by atoms with van der Waals surface area (Å²) in [5, 5.41) is 1.05. The van der Waals surface area contributed by atoms with Gasteiger partial charge >= 0.3 is 0 Å². The summed E-state index contributed by atoms with van der Waals surface area (Å²) < 4.78 is 15.9. The third kappa shape index (κ3) is 1.62. The Hall–Kier alpha value is -1.31. The molecule has 2 rings (SSSR count). The molecule has 0 radical (unpaired) electrons. The highest BCUT2D eigenvalue weighted by Gasteiger charge is 2.15. The summed E-state index contributed by atoms with van der Waals surface area (Å²) >= 11 is 0. The molecule has 0 atom stereocenters. The number of hydrogen-bond donors (Lipinski definition) is 0. The Bertz CT molecular complexity index is 509. The molecule has 0 saturated carbocycles. The normalized spacial score (nSPS) is 11.9. The Morgan fingerprint density at radius 2 is 1.81 bits per heavy atom. The highest BCUT2D eigenvalue weighted by Crippen LogP contribution is 2.31. The summed E-state index contributed by atoms with van der Waals surface area (Å²) in [4.78, 5) is 0. The van der Waals surface area contributed by atoms with Crippen LogP contribution in [0.1, 0.15) is 45.2 Å². The maximum Gasteiger partial charge on any atom is 0.147 e. The minimum atomic E-state index is -0.127. The van der Waals surface area contributed by atoms with E-state index in [4.69, 9.17) is 0 Å². The molecule has 0 N–H and O–H groups in total. The van der Waals surface area contributed by atoms with Crippen LogP contribution in [0.2, 0.25) is 0 Å². The number of para-hydroxylation sites is 1. The molecule has 86 valence electrons. The molecule has 0 aliphatic heterocycles. The molecule has 1 aromatic heterocycles. The van der Waals surface area contributed by atoms with Gasteiger partial charge in [0.15, 0.2) is 0 Å². The fraction of sp³-hybridized carbons (Fsp3) is 0.429. The van der Waals surface area contributed by atoms with E-state index in [1.807, 2.05) is 10.6 Å². The fourth-order valence-electron chi connectivity index (χ4n) is 2.16. The van der Waals surface area contributed by atoms with Crippen molar-refractivity contribution in [1.29, 1.82) is 0 Å². The van der Waals surface area contributed by atoms with Crippen LogP contribution in [0.15, 0.2) is 24.4 Å². The summed E-state index contributed by atoms with van der Waals surface area (Å²) in [6.07, 6.45) is 2.09. The number of benzene rings is 1. The molecule has 2 heteroatoms. The number of halogens is 1. The Morgan fingerprint density at radius 1 is 1.12 bits per heavy atom. The van der Waals surface area contributed by atoms with Crippen molar-refractivity contribution in [3.05, 3.63) is 35.8 Å². The van der Waals surface area contributed by atoms with E-state index in [9.17, 15) is 4.39 Å². The van der Waals surface area contributed by atoms with E-state index >= 15 is 0 Å². The summed E-state index contributed by atoms with van der Waals surface area (Å²) in [5.74, 6) is 0.294. The van der Waals surface area contributed by atoms with Gasteiger partial charge in [-0.05, 0) is 31.4 Å². The zero-order valence-electron chi connectivity index (χ0n) is 10.3. The second-order valence-corrected chi connectivity index (χ2v) is 4.88. The van der Waals surface area contributed by atoms with Crippen LogP contribution in [0.25, 0.3) is 10.9 Å². The van der Waals surface area contributed by atoms with Crippen LogP contribution in [0, 0.1) is 5.82 Å². The lowest BCUT2D eigenvalue weighted by Gasteiger charge is -2.09. The number of aromatic nitrogens is 1. The summed E-state index contributed by atoms with van der Waals surface area (Å²) in [6, 6.07) is 5.61. The van der Waals surface area contributed by atoms with Gasteiger partial charge in [-0.1, -0.05) is 26.0 Å². The van der Waals surface area contributed by atoms with E-state index in [1.54, 1.807) is 6.07 Å². The molecule has 0 fully saturated rings. The standard InChI is InChI=1S/C14H18FN/c1-9(2)12-8-16(10(3)4)14-11(12)6-5-7-13(14)15/h5-10H,1-4H3. The molecule has 1 aromatic carbocycles. The maximum absolute atomic E-state index is 13.9. The van der Waals surface area contributed by atoms with Crippen LogP contribution in [-0.2, 0) is 0 Å². The van der Waals surface area contributed by atoms with Crippen molar-refractivity contribution in [1.82, 2.24) is 4.57 Å². The van der Waals surface area contributed by atoms with E-state index in [0.717, 1.165) is 10.9 Å². The monoisotopic (exact) mass is 219 g/mol. The van der Waals surface area contributed by atoms with Crippen LogP contribution in [-0.4, -0.2) is 4.57 Å². The molecule has 0 bridgehead atoms. The summed E-state index contributed by atoms with van der Waals surface area (Å²) in [6.45, 7) is 8.45. The second kappa shape index (κ2) is 3.93. The quantitative estimate of drug-likeness (QED) is 0.701. The van der Waals surface area contributed by atoms with E-state index < -0.39 is 0 Å². The predicted octanol–water partition coefficient (Wildman–Crippen LogP) is 4.48. The highest BCUT2D eigenvalue weighted by molar-refractivity contribution is 5.85. The van der Waals surface area contributed by atoms with Gasteiger partial charge in [0.25, 0.3) is 0 Å². The van der Waals surface area contributed by atoms with E-state index in [2.05, 4.69) is 33.9 Å². The number of nitrogens with zero attached hydrogens (tertiary/aromatic N) is 1. The van der Waals surface area contributed by atoms with Crippen molar-refractivity contribution in [2.75, 3.05) is 0 Å². The van der Waals surface area contributed by atoms with Gasteiger partial charge in [-0.3, -0.25) is 0 Å². The molecule has 0 spiro atoms. The number of rotatable bonds is 2. The minimum absolute atomic E-state index is 0.127. The first-order chi connectivity index (χ1) is 7.52. The smallest absolute Gasteiger partial charge is 0.147 e. The average Bonchev–Trinajstić information content (AvgIpc) is 2.58. The fourth-order valence-corrected chi connectivity index (χ4v) is 2.16. The zero-order valence-corrected chi connectivity index (χ0v) is 10.3. The molecule has 1 heterocycles. The number of hydrogen-bond acceptors (Lipinski definition) is 0. The van der Waals surface area contributed by atoms with Crippen LogP contribution < -0.4 is 0 Å². The largest absolute Gasteiger partial charge is 0.342 e. The van der Waals surface area contributed by atoms with Gasteiger partial charge in [-0.15, -0.1) is 0 Å². The van der Waals surface area contributed by atoms with Gasteiger partial charge < -0.3 is 4.57 Å². The lowest BCUT2D eigenvalue weighted by molar-refractivity contribution is 0.587. The van der Waals surface area contributed by atoms with Crippen molar-refractivity contribution < 1.29 is 4.39 Å². The van der Waals surface area contributed by atoms with E-state index in [0.29, 0.717) is 5.92 Å². The molecule has 0 aliphatic carbocycles. The zero-order chi connectivity index (χ0) is 11.9. The van der Waals surface area contributed by atoms with Gasteiger partial charge in [0.05, 0.1) is 5.52 Å². The van der Waals surface area contributed by atoms with Gasteiger partial charge in [0.1, 0.15) is 5.82 Å². The topological polar surface area (TPSA) is 4.93 Å². The third-order valence-electron chi connectivity index (χ3n) is 3.01. The SMILES string of the molecule is CC(C)c1cn(C(C)C)c2c(F)cccc12. The molecule has 0 amide bonds. The lowest BCUT2D eigenvalue weighted by atomic mass is 10.0. The molecule has 0 unspecified atom stereocenters. The predicted molar refractivity (Wildman–Crippen MR) is 66.4 cm³/mol. The molecule has 0 aliphatic rings. The molecule has 1 nitrogen and oxygen atoms in total. The van der Waals surface area contributed by atoms with Crippen LogP contribution in [0.5, 0.6) is 0 Å². The van der Waals surface area contributed by atoms with Crippen molar-refractivity contribution in [2.24, 2.45) is 0 Å². The highest BCUT2D eigenvalue weighted by atomic mass is 19.1. The Kier molecular flexibility index (Phi) is 2.75. The minimum Gasteiger partial charge on any atom is -0.342 e. The molecule has 16 heavy (non-hydrogen) atoms. The summed E-state index contributed by atoms with van der Waals surface area (Å²) in [7, 11) is 0. The Morgan fingerprint density at radius 3 is 2.38 bits per heavy atom. The molecule has 2 aromatic rings. The van der Waals surface area contributed by atoms with Crippen molar-refractivity contribution in [3.63, 3.8) is 0 Å². The number of fused-ring (bicyclic) bond motifs is 1. The van der Waals surface area contributed by atoms with Crippen molar-refractivity contribution >= 4 is 10.9 Å². The van der Waals surface area contributed by atoms with Crippen LogP contribution in [0.4, 0.5) is 4.39 Å². The van der Waals surface area contributed by atoms with E-state index in [1.165, 1.54) is 11.6 Å². The lowest BCUT2D eigenvalue weighted by Crippen LogP contribution is -1.99. The van der Waals surface area contributed by atoms with Gasteiger partial charge in [-0.2, -0.15) is 0 Å². The Labute approximate surface area is 95.9 Å². The summed E-state index contributed by atoms with van der Waals surface area (Å²) in [5.41, 5.74) is 1.96. The van der Waals surface area contributed by atoms with Crippen LogP contribution in [0.3, 0.4) is 0 Å². The molecular weight excluding hydrogens is 201 g/mol. The van der Waals surface area contributed by atoms with Crippen LogP contribution >= 0.6 is 0 Å². The molecule has 0 saturated heterocycles. The van der Waals surface area contributed by atoms with Gasteiger partial charge in [0, 0.05) is 17.6 Å². The Balaban J connectivity index is 2.82. The molecular formula is C14H18FN. The van der Waals surface area contributed by atoms with Crippen molar-refractivity contribution in [2.45, 2.75) is 39.7 Å². The average molecular weight is 219 g/mol. The van der Waals surface area contributed by atoms with Crippen molar-refractivity contribution in [3.8, 4) is 0 Å². The first-order valence-electron chi connectivity index (χ1n) is 5.81. The van der Waals surface area contributed by atoms with Gasteiger partial charge in [0.2, 0.25) is 0 Å². The van der Waals surface area contributed by atoms with E-state index in [-0.39, 0.29) is 11.9 Å².